The Bertz CT molecular complexity index is 304. The van der Waals surface area contributed by atoms with Gasteiger partial charge in [0.25, 0.3) is 0 Å². The number of ether oxygens (including phenoxy) is 1. The van der Waals surface area contributed by atoms with Gasteiger partial charge in [-0.2, -0.15) is 0 Å². The zero-order valence-corrected chi connectivity index (χ0v) is 9.90. The van der Waals surface area contributed by atoms with Crippen molar-refractivity contribution in [2.45, 2.75) is 27.7 Å². The molecule has 0 fully saturated rings. The Labute approximate surface area is 94.1 Å². The fraction of sp³-hybridized carbons (Fsp3) is 0.636. The molecule has 0 bridgehead atoms. The monoisotopic (exact) mass is 228 g/mol. The molecule has 0 spiro atoms. The van der Waals surface area contributed by atoms with Crippen molar-refractivity contribution >= 4 is 23.3 Å². The molecule has 1 unspecified atom stereocenters. The molecule has 16 heavy (non-hydrogen) atoms. The van der Waals surface area contributed by atoms with E-state index in [0.29, 0.717) is 0 Å². The summed E-state index contributed by atoms with van der Waals surface area (Å²) < 4.78 is 4.68. The Hall–Kier alpha value is -1.52. The average Bonchev–Trinajstić information content (AvgIpc) is 2.11. The number of carbonyl (C=O) groups excluding carboxylic acids is 4. The molecule has 0 rings (SSSR count). The van der Waals surface area contributed by atoms with Gasteiger partial charge in [0.15, 0.2) is 0 Å². The van der Waals surface area contributed by atoms with E-state index in [0.717, 1.165) is 0 Å². The zero-order chi connectivity index (χ0) is 12.9. The summed E-state index contributed by atoms with van der Waals surface area (Å²) in [6.45, 7) is 5.22. The Kier molecular flexibility index (Phi) is 5.56. The average molecular weight is 228 g/mol. The lowest BCUT2D eigenvalue weighted by molar-refractivity contribution is -0.158. The van der Waals surface area contributed by atoms with Crippen LogP contribution in [0.15, 0.2) is 0 Å². The summed E-state index contributed by atoms with van der Waals surface area (Å²) in [6.07, 6.45) is 0. The lowest BCUT2D eigenvalue weighted by Crippen LogP contribution is -2.39. The molecule has 5 heteroatoms. The van der Waals surface area contributed by atoms with Crippen LogP contribution in [0, 0.1) is 11.8 Å². The van der Waals surface area contributed by atoms with Crippen molar-refractivity contribution in [2.75, 3.05) is 6.61 Å². The van der Waals surface area contributed by atoms with Gasteiger partial charge in [-0.25, -0.2) is 0 Å². The summed E-state index contributed by atoms with van der Waals surface area (Å²) in [5, 5.41) is 0. The predicted octanol–water partition coefficient (Wildman–Crippen LogP) is 0.549. The van der Waals surface area contributed by atoms with Crippen LogP contribution in [-0.4, -0.2) is 29.9 Å². The van der Waals surface area contributed by atoms with Crippen molar-refractivity contribution in [1.29, 1.82) is 0 Å². The Morgan fingerprint density at radius 3 is 1.50 bits per heavy atom. The first-order valence-corrected chi connectivity index (χ1v) is 5.00. The van der Waals surface area contributed by atoms with Gasteiger partial charge in [-0.05, 0) is 27.7 Å². The lowest BCUT2D eigenvalue weighted by Gasteiger charge is -2.18. The highest BCUT2D eigenvalue weighted by atomic mass is 16.5. The first kappa shape index (κ1) is 14.5. The summed E-state index contributed by atoms with van der Waals surface area (Å²) in [4.78, 5) is 45.3. The second-order valence-corrected chi connectivity index (χ2v) is 3.54. The SMILES string of the molecule is CCOC(=O)C(C(C)=O)C(C(C)=O)C(C)=O. The largest absolute Gasteiger partial charge is 0.465 e. The third-order valence-corrected chi connectivity index (χ3v) is 2.19. The van der Waals surface area contributed by atoms with Gasteiger partial charge in [0.1, 0.15) is 23.3 Å². The molecule has 0 aliphatic heterocycles. The molecule has 0 aromatic carbocycles. The molecule has 0 saturated carbocycles. The molecule has 0 aliphatic carbocycles. The van der Waals surface area contributed by atoms with Gasteiger partial charge in [-0.1, -0.05) is 0 Å². The van der Waals surface area contributed by atoms with Crippen LogP contribution < -0.4 is 0 Å². The molecule has 1 atom stereocenters. The smallest absolute Gasteiger partial charge is 0.317 e. The quantitative estimate of drug-likeness (QED) is 0.490. The third kappa shape index (κ3) is 3.56. The van der Waals surface area contributed by atoms with Crippen molar-refractivity contribution in [3.8, 4) is 0 Å². The molecule has 90 valence electrons. The number of hydrogen-bond acceptors (Lipinski definition) is 5. The summed E-state index contributed by atoms with van der Waals surface area (Å²) in [6, 6.07) is 0. The van der Waals surface area contributed by atoms with E-state index < -0.39 is 35.2 Å². The van der Waals surface area contributed by atoms with Gasteiger partial charge >= 0.3 is 5.97 Å². The Balaban J connectivity index is 5.16. The second kappa shape index (κ2) is 6.15. The van der Waals surface area contributed by atoms with E-state index in [1.165, 1.54) is 20.8 Å². The third-order valence-electron chi connectivity index (χ3n) is 2.19. The normalized spacial score (nSPS) is 12.1. The molecule has 0 radical (unpaired) electrons. The van der Waals surface area contributed by atoms with Gasteiger partial charge < -0.3 is 4.74 Å². The van der Waals surface area contributed by atoms with Gasteiger partial charge in [0.2, 0.25) is 0 Å². The highest BCUT2D eigenvalue weighted by molar-refractivity contribution is 6.11. The van der Waals surface area contributed by atoms with Crippen molar-refractivity contribution in [2.24, 2.45) is 11.8 Å². The van der Waals surface area contributed by atoms with Crippen molar-refractivity contribution in [1.82, 2.24) is 0 Å². The maximum atomic E-state index is 11.5. The first-order chi connectivity index (χ1) is 7.32. The van der Waals surface area contributed by atoms with Crippen LogP contribution in [0.25, 0.3) is 0 Å². The highest BCUT2D eigenvalue weighted by Gasteiger charge is 2.39. The van der Waals surface area contributed by atoms with E-state index >= 15 is 0 Å². The van der Waals surface area contributed by atoms with Crippen molar-refractivity contribution in [3.05, 3.63) is 0 Å². The van der Waals surface area contributed by atoms with E-state index in [-0.39, 0.29) is 6.61 Å². The summed E-state index contributed by atoms with van der Waals surface area (Å²) in [7, 11) is 0. The van der Waals surface area contributed by atoms with Crippen LogP contribution in [0.4, 0.5) is 0 Å². The maximum absolute atomic E-state index is 11.5. The van der Waals surface area contributed by atoms with E-state index in [1.807, 2.05) is 0 Å². The van der Waals surface area contributed by atoms with Gasteiger partial charge in [0, 0.05) is 0 Å². The van der Waals surface area contributed by atoms with Crippen LogP contribution in [0.1, 0.15) is 27.7 Å². The molecule has 0 amide bonds. The maximum Gasteiger partial charge on any atom is 0.317 e. The minimum Gasteiger partial charge on any atom is -0.465 e. The van der Waals surface area contributed by atoms with Crippen molar-refractivity contribution in [3.63, 3.8) is 0 Å². The van der Waals surface area contributed by atoms with Gasteiger partial charge in [-0.15, -0.1) is 0 Å². The standard InChI is InChI=1S/C11H16O5/c1-5-16-11(15)10(8(4)14)9(6(2)12)7(3)13/h9-10H,5H2,1-4H3. The second-order valence-electron chi connectivity index (χ2n) is 3.54. The molecule has 0 aromatic rings. The minimum atomic E-state index is -1.31. The summed E-state index contributed by atoms with van der Waals surface area (Å²) in [5.41, 5.74) is 0. The van der Waals surface area contributed by atoms with Gasteiger partial charge in [0.05, 0.1) is 12.5 Å². The van der Waals surface area contributed by atoms with Crippen LogP contribution in [0.5, 0.6) is 0 Å². The molecule has 0 aromatic heterocycles. The van der Waals surface area contributed by atoms with Crippen LogP contribution in [-0.2, 0) is 23.9 Å². The highest BCUT2D eigenvalue weighted by Crippen LogP contribution is 2.18. The molecule has 5 nitrogen and oxygen atoms in total. The van der Waals surface area contributed by atoms with E-state index in [9.17, 15) is 19.2 Å². The zero-order valence-electron chi connectivity index (χ0n) is 9.90. The fourth-order valence-electron chi connectivity index (χ4n) is 1.52. The molecule has 0 heterocycles. The number of hydrogen-bond donors (Lipinski definition) is 0. The number of carbonyl (C=O) groups is 4. The fourth-order valence-corrected chi connectivity index (χ4v) is 1.52. The lowest BCUT2D eigenvalue weighted by atomic mass is 9.83. The predicted molar refractivity (Wildman–Crippen MR) is 55.7 cm³/mol. The topological polar surface area (TPSA) is 77.5 Å². The number of Topliss-reactive ketones (excluding diaryl/α,β-unsaturated/α-hetero) is 3. The Morgan fingerprint density at radius 1 is 0.875 bits per heavy atom. The Morgan fingerprint density at radius 2 is 1.25 bits per heavy atom. The van der Waals surface area contributed by atoms with Gasteiger partial charge in [-0.3, -0.25) is 19.2 Å². The molecule has 0 N–H and O–H groups in total. The molecule has 0 aliphatic rings. The molecular formula is C11H16O5. The molecular weight excluding hydrogens is 212 g/mol. The van der Waals surface area contributed by atoms with E-state index in [1.54, 1.807) is 6.92 Å². The van der Waals surface area contributed by atoms with E-state index in [2.05, 4.69) is 4.74 Å². The first-order valence-electron chi connectivity index (χ1n) is 5.00. The number of esters is 1. The minimum absolute atomic E-state index is 0.102. The van der Waals surface area contributed by atoms with E-state index in [4.69, 9.17) is 0 Å². The van der Waals surface area contributed by atoms with Crippen LogP contribution >= 0.6 is 0 Å². The number of rotatable bonds is 6. The summed E-state index contributed by atoms with van der Waals surface area (Å²) >= 11 is 0. The van der Waals surface area contributed by atoms with Crippen molar-refractivity contribution < 1.29 is 23.9 Å². The number of ketones is 3. The van der Waals surface area contributed by atoms with Crippen LogP contribution in [0.3, 0.4) is 0 Å². The van der Waals surface area contributed by atoms with Crippen LogP contribution in [0.2, 0.25) is 0 Å². The summed E-state index contributed by atoms with van der Waals surface area (Å²) in [5.74, 6) is -4.88. The molecule has 0 saturated heterocycles.